The van der Waals surface area contributed by atoms with E-state index >= 15 is 0 Å². The quantitative estimate of drug-likeness (QED) is 0.764. The van der Waals surface area contributed by atoms with Crippen LogP contribution in [0.1, 0.15) is 19.3 Å². The topological polar surface area (TPSA) is 95.4 Å². The third kappa shape index (κ3) is 2.49. The fourth-order valence-electron chi connectivity index (χ4n) is 3.26. The number of rotatable bonds is 6. The molecule has 8 heteroatoms. The molecule has 2 heterocycles. The number of nitrogens with one attached hydrogen (secondary N) is 1. The van der Waals surface area contributed by atoms with Crippen LogP contribution < -0.4 is 9.62 Å². The van der Waals surface area contributed by atoms with Gasteiger partial charge < -0.3 is 10.0 Å². The highest BCUT2D eigenvalue weighted by molar-refractivity contribution is 7.89. The molecule has 3 aliphatic rings. The van der Waals surface area contributed by atoms with Crippen LogP contribution in [0.3, 0.4) is 0 Å². The molecule has 0 spiro atoms. The number of hydrogen-bond donors (Lipinski definition) is 2. The molecule has 2 unspecified atom stereocenters. The first kappa shape index (κ1) is 14.3. The average molecular weight is 324 g/mol. The van der Waals surface area contributed by atoms with Crippen molar-refractivity contribution >= 4 is 15.8 Å². The first-order valence-corrected chi connectivity index (χ1v) is 9.20. The van der Waals surface area contributed by atoms with Gasteiger partial charge in [-0.3, -0.25) is 0 Å². The van der Waals surface area contributed by atoms with E-state index in [9.17, 15) is 13.5 Å². The van der Waals surface area contributed by atoms with Crippen LogP contribution in [0.4, 0.5) is 5.82 Å². The van der Waals surface area contributed by atoms with E-state index in [1.54, 1.807) is 6.07 Å². The van der Waals surface area contributed by atoms with Gasteiger partial charge in [0.05, 0.1) is 6.61 Å². The van der Waals surface area contributed by atoms with Crippen LogP contribution in [0, 0.1) is 17.3 Å². The van der Waals surface area contributed by atoms with E-state index in [2.05, 4.69) is 19.8 Å². The third-order valence-corrected chi connectivity index (χ3v) is 6.42. The summed E-state index contributed by atoms with van der Waals surface area (Å²) in [6.45, 7) is 2.33. The zero-order valence-electron chi connectivity index (χ0n) is 12.3. The molecule has 120 valence electrons. The van der Waals surface area contributed by atoms with Crippen molar-refractivity contribution in [1.29, 1.82) is 0 Å². The van der Waals surface area contributed by atoms with Gasteiger partial charge in [0.15, 0.2) is 10.8 Å². The van der Waals surface area contributed by atoms with Crippen molar-refractivity contribution in [2.24, 2.45) is 17.3 Å². The van der Waals surface area contributed by atoms with Crippen molar-refractivity contribution in [2.75, 3.05) is 31.1 Å². The van der Waals surface area contributed by atoms with Crippen molar-refractivity contribution in [3.8, 4) is 0 Å². The van der Waals surface area contributed by atoms with Gasteiger partial charge in [0, 0.05) is 25.0 Å². The molecule has 1 aromatic heterocycles. The second-order valence-corrected chi connectivity index (χ2v) is 8.54. The number of aliphatic hydroxyl groups is 1. The molecule has 2 atom stereocenters. The molecular formula is C14H20N4O3S. The van der Waals surface area contributed by atoms with Crippen LogP contribution in [-0.2, 0) is 10.0 Å². The minimum Gasteiger partial charge on any atom is -0.396 e. The molecule has 1 aliphatic heterocycles. The molecule has 3 fully saturated rings. The molecule has 0 bridgehead atoms. The van der Waals surface area contributed by atoms with Crippen molar-refractivity contribution in [3.05, 3.63) is 12.1 Å². The highest BCUT2D eigenvalue weighted by Crippen LogP contribution is 2.57. The lowest BCUT2D eigenvalue weighted by atomic mass is 10.1. The second kappa shape index (κ2) is 4.87. The molecule has 4 rings (SSSR count). The number of anilines is 1. The zero-order chi connectivity index (χ0) is 15.4. The van der Waals surface area contributed by atoms with Gasteiger partial charge in [0.1, 0.15) is 0 Å². The predicted octanol–water partition coefficient (Wildman–Crippen LogP) is -0.0165. The Labute approximate surface area is 129 Å². The van der Waals surface area contributed by atoms with Crippen LogP contribution >= 0.6 is 0 Å². The number of aliphatic hydroxyl groups excluding tert-OH is 1. The number of aromatic nitrogens is 2. The maximum Gasteiger partial charge on any atom is 0.259 e. The van der Waals surface area contributed by atoms with Crippen molar-refractivity contribution < 1.29 is 13.5 Å². The second-order valence-electron chi connectivity index (χ2n) is 6.83. The largest absolute Gasteiger partial charge is 0.396 e. The minimum absolute atomic E-state index is 0.0295. The van der Waals surface area contributed by atoms with Crippen LogP contribution in [-0.4, -0.2) is 50.0 Å². The van der Waals surface area contributed by atoms with E-state index in [1.807, 2.05) is 0 Å². The average Bonchev–Trinajstić information content (AvgIpc) is 3.44. The maximum atomic E-state index is 12.1. The molecule has 0 aromatic carbocycles. The summed E-state index contributed by atoms with van der Waals surface area (Å²) in [7, 11) is -3.56. The lowest BCUT2D eigenvalue weighted by Gasteiger charge is -2.20. The van der Waals surface area contributed by atoms with Crippen molar-refractivity contribution in [1.82, 2.24) is 14.9 Å². The van der Waals surface area contributed by atoms with Gasteiger partial charge in [-0.05, 0) is 43.2 Å². The SMILES string of the molecule is O=S(=O)(NCC1CC1)c1ccc(N2CC3CC3(CO)C2)nn1. The molecular weight excluding hydrogens is 304 g/mol. The summed E-state index contributed by atoms with van der Waals surface area (Å²) in [5, 5.41) is 17.4. The van der Waals surface area contributed by atoms with E-state index < -0.39 is 10.0 Å². The van der Waals surface area contributed by atoms with Gasteiger partial charge in [0.25, 0.3) is 10.0 Å². The molecule has 2 N–H and O–H groups in total. The monoisotopic (exact) mass is 324 g/mol. The van der Waals surface area contributed by atoms with E-state index in [1.165, 1.54) is 6.07 Å². The first-order valence-electron chi connectivity index (χ1n) is 7.72. The highest BCUT2D eigenvalue weighted by atomic mass is 32.2. The van der Waals surface area contributed by atoms with Gasteiger partial charge in [-0.1, -0.05) is 0 Å². The number of piperidine rings is 1. The van der Waals surface area contributed by atoms with Crippen molar-refractivity contribution in [3.63, 3.8) is 0 Å². The van der Waals surface area contributed by atoms with Gasteiger partial charge in [-0.15, -0.1) is 10.2 Å². The third-order valence-electron chi connectivity index (χ3n) is 5.10. The predicted molar refractivity (Wildman–Crippen MR) is 79.8 cm³/mol. The smallest absolute Gasteiger partial charge is 0.259 e. The van der Waals surface area contributed by atoms with Crippen molar-refractivity contribution in [2.45, 2.75) is 24.3 Å². The lowest BCUT2D eigenvalue weighted by molar-refractivity contribution is 0.216. The standard InChI is InChI=1S/C14H20N4O3S/c19-9-14-5-11(14)7-18(8-14)12-3-4-13(17-16-12)22(20,21)15-6-10-1-2-10/h3-4,10-11,15,19H,1-2,5-9H2. The summed E-state index contributed by atoms with van der Waals surface area (Å²) in [5.74, 6) is 1.69. The number of sulfonamides is 1. The highest BCUT2D eigenvalue weighted by Gasteiger charge is 2.59. The molecule has 0 radical (unpaired) electrons. The van der Waals surface area contributed by atoms with Gasteiger partial charge in [-0.25, -0.2) is 13.1 Å². The molecule has 1 aromatic rings. The van der Waals surface area contributed by atoms with Gasteiger partial charge in [-0.2, -0.15) is 0 Å². The summed E-state index contributed by atoms with van der Waals surface area (Å²) >= 11 is 0. The summed E-state index contributed by atoms with van der Waals surface area (Å²) < 4.78 is 26.8. The summed E-state index contributed by atoms with van der Waals surface area (Å²) in [6.07, 6.45) is 3.26. The van der Waals surface area contributed by atoms with E-state index in [0.717, 1.165) is 32.4 Å². The van der Waals surface area contributed by atoms with E-state index in [0.29, 0.717) is 24.2 Å². The Balaban J connectivity index is 1.44. The number of hydrogen-bond acceptors (Lipinski definition) is 6. The van der Waals surface area contributed by atoms with Gasteiger partial charge >= 0.3 is 0 Å². The van der Waals surface area contributed by atoms with Crippen LogP contribution in [0.5, 0.6) is 0 Å². The fraction of sp³-hybridized carbons (Fsp3) is 0.714. The number of fused-ring (bicyclic) bond motifs is 1. The Morgan fingerprint density at radius 2 is 2.18 bits per heavy atom. The zero-order valence-corrected chi connectivity index (χ0v) is 13.1. The van der Waals surface area contributed by atoms with Gasteiger partial charge in [0.2, 0.25) is 0 Å². The minimum atomic E-state index is -3.56. The summed E-state index contributed by atoms with van der Waals surface area (Å²) in [4.78, 5) is 2.07. The normalized spacial score (nSPS) is 30.4. The Kier molecular flexibility index (Phi) is 3.18. The first-order chi connectivity index (χ1) is 10.5. The van der Waals surface area contributed by atoms with Crippen LogP contribution in [0.25, 0.3) is 0 Å². The molecule has 0 amide bonds. The fourth-order valence-corrected chi connectivity index (χ4v) is 4.26. The molecule has 1 saturated heterocycles. The Morgan fingerprint density at radius 1 is 1.36 bits per heavy atom. The molecule has 22 heavy (non-hydrogen) atoms. The van der Waals surface area contributed by atoms with Crippen LogP contribution in [0.2, 0.25) is 0 Å². The Morgan fingerprint density at radius 3 is 2.77 bits per heavy atom. The number of nitrogens with zero attached hydrogens (tertiary/aromatic N) is 3. The molecule has 7 nitrogen and oxygen atoms in total. The molecule has 2 saturated carbocycles. The maximum absolute atomic E-state index is 12.1. The van der Waals surface area contributed by atoms with E-state index in [-0.39, 0.29) is 17.0 Å². The van der Waals surface area contributed by atoms with E-state index in [4.69, 9.17) is 0 Å². The lowest BCUT2D eigenvalue weighted by Crippen LogP contribution is -2.29. The molecule has 2 aliphatic carbocycles. The summed E-state index contributed by atoms with van der Waals surface area (Å²) in [6, 6.07) is 3.21. The summed E-state index contributed by atoms with van der Waals surface area (Å²) in [5.41, 5.74) is 0.0399. The Bertz CT molecular complexity index is 670. The Hall–Kier alpha value is -1.25. The van der Waals surface area contributed by atoms with Crippen LogP contribution in [0.15, 0.2) is 17.2 Å².